The number of carbonyl (C=O) groups is 1. The maximum atomic E-state index is 11.3. The quantitative estimate of drug-likeness (QED) is 0.929. The van der Waals surface area contributed by atoms with Gasteiger partial charge in [-0.1, -0.05) is 11.3 Å². The number of carboxylic acids is 1. The predicted molar refractivity (Wildman–Crippen MR) is 79.3 cm³/mol. The van der Waals surface area contributed by atoms with Crippen LogP contribution >= 0.6 is 0 Å². The summed E-state index contributed by atoms with van der Waals surface area (Å²) in [6, 6.07) is 5.13. The smallest absolute Gasteiger partial charge is 0.337 e. The van der Waals surface area contributed by atoms with E-state index in [1.54, 1.807) is 22.9 Å². The number of hydrogen-bond donors (Lipinski definition) is 1. The molecule has 3 rings (SSSR count). The van der Waals surface area contributed by atoms with Gasteiger partial charge in [0.15, 0.2) is 0 Å². The fourth-order valence-corrected chi connectivity index (χ4v) is 3.01. The molecular formula is C15H20N4O2. The van der Waals surface area contributed by atoms with E-state index in [2.05, 4.69) is 22.3 Å². The van der Waals surface area contributed by atoms with Gasteiger partial charge in [0.1, 0.15) is 11.0 Å². The Kier molecular flexibility index (Phi) is 3.88. The standard InChI is InChI=1S/C15H20N4O2/c1-18-8-5-11(6-9-18)7-10-19-14-12(15(20)21)3-2-4-13(14)16-17-19/h2-4,11H,5-10H2,1H3,(H,20,21). The largest absolute Gasteiger partial charge is 0.478 e. The number of aryl methyl sites for hydroxylation is 1. The van der Waals surface area contributed by atoms with E-state index in [4.69, 9.17) is 0 Å². The first-order valence-electron chi connectivity index (χ1n) is 7.39. The Morgan fingerprint density at radius 1 is 1.38 bits per heavy atom. The van der Waals surface area contributed by atoms with Gasteiger partial charge in [0, 0.05) is 6.54 Å². The molecule has 2 aromatic rings. The zero-order valence-corrected chi connectivity index (χ0v) is 12.2. The highest BCUT2D eigenvalue weighted by atomic mass is 16.4. The first-order valence-corrected chi connectivity index (χ1v) is 7.39. The van der Waals surface area contributed by atoms with E-state index in [-0.39, 0.29) is 5.56 Å². The van der Waals surface area contributed by atoms with Gasteiger partial charge < -0.3 is 10.0 Å². The third kappa shape index (κ3) is 2.90. The van der Waals surface area contributed by atoms with Gasteiger partial charge in [-0.15, -0.1) is 5.10 Å². The van der Waals surface area contributed by atoms with Crippen LogP contribution in [-0.2, 0) is 6.54 Å². The fourth-order valence-electron chi connectivity index (χ4n) is 3.01. The first-order chi connectivity index (χ1) is 10.1. The summed E-state index contributed by atoms with van der Waals surface area (Å²) in [5, 5.41) is 17.5. The summed E-state index contributed by atoms with van der Waals surface area (Å²) in [5.41, 5.74) is 1.57. The minimum Gasteiger partial charge on any atom is -0.478 e. The lowest BCUT2D eigenvalue weighted by Crippen LogP contribution is -2.30. The minimum atomic E-state index is -0.927. The highest BCUT2D eigenvalue weighted by molar-refractivity contribution is 6.00. The van der Waals surface area contributed by atoms with Gasteiger partial charge in [-0.05, 0) is 57.5 Å². The number of rotatable bonds is 4. The van der Waals surface area contributed by atoms with Gasteiger partial charge in [-0.25, -0.2) is 9.48 Å². The van der Waals surface area contributed by atoms with Gasteiger partial charge in [0.05, 0.1) is 5.56 Å². The summed E-state index contributed by atoms with van der Waals surface area (Å²) in [6.45, 7) is 3.02. The van der Waals surface area contributed by atoms with E-state index >= 15 is 0 Å². The van der Waals surface area contributed by atoms with Crippen molar-refractivity contribution in [1.82, 2.24) is 19.9 Å². The van der Waals surface area contributed by atoms with Crippen LogP contribution in [0.3, 0.4) is 0 Å². The molecule has 0 radical (unpaired) electrons. The third-order valence-electron chi connectivity index (χ3n) is 4.35. The van der Waals surface area contributed by atoms with Gasteiger partial charge in [-0.3, -0.25) is 0 Å². The van der Waals surface area contributed by atoms with E-state index in [1.165, 1.54) is 12.8 Å². The van der Waals surface area contributed by atoms with Crippen molar-refractivity contribution in [3.8, 4) is 0 Å². The summed E-state index contributed by atoms with van der Waals surface area (Å²) in [4.78, 5) is 13.7. The molecule has 0 atom stereocenters. The molecule has 1 aromatic carbocycles. The van der Waals surface area contributed by atoms with Crippen molar-refractivity contribution < 1.29 is 9.90 Å². The minimum absolute atomic E-state index is 0.279. The number of nitrogens with zero attached hydrogens (tertiary/aromatic N) is 4. The lowest BCUT2D eigenvalue weighted by atomic mass is 9.94. The lowest BCUT2D eigenvalue weighted by Gasteiger charge is -2.28. The lowest BCUT2D eigenvalue weighted by molar-refractivity contribution is 0.0698. The summed E-state index contributed by atoms with van der Waals surface area (Å²) in [5.74, 6) is -0.235. The van der Waals surface area contributed by atoms with Crippen LogP contribution in [0.1, 0.15) is 29.6 Å². The summed E-state index contributed by atoms with van der Waals surface area (Å²) in [7, 11) is 2.15. The molecular weight excluding hydrogens is 268 g/mol. The predicted octanol–water partition coefficient (Wildman–Crippen LogP) is 1.86. The number of aromatic nitrogens is 3. The number of fused-ring (bicyclic) bond motifs is 1. The molecule has 21 heavy (non-hydrogen) atoms. The Morgan fingerprint density at radius 2 is 2.14 bits per heavy atom. The first kappa shape index (κ1) is 14.0. The molecule has 1 saturated heterocycles. The van der Waals surface area contributed by atoms with Crippen molar-refractivity contribution in [3.05, 3.63) is 23.8 Å². The maximum absolute atomic E-state index is 11.3. The SMILES string of the molecule is CN1CCC(CCn2nnc3cccc(C(=O)O)c32)CC1. The third-order valence-corrected chi connectivity index (χ3v) is 4.35. The Hall–Kier alpha value is -1.95. The molecule has 0 unspecified atom stereocenters. The fraction of sp³-hybridized carbons (Fsp3) is 0.533. The van der Waals surface area contributed by atoms with Crippen molar-refractivity contribution in [2.75, 3.05) is 20.1 Å². The van der Waals surface area contributed by atoms with Crippen LogP contribution in [-0.4, -0.2) is 51.1 Å². The highest BCUT2D eigenvalue weighted by Gasteiger charge is 2.18. The van der Waals surface area contributed by atoms with Gasteiger partial charge >= 0.3 is 5.97 Å². The average Bonchev–Trinajstić information content (AvgIpc) is 2.90. The molecule has 0 bridgehead atoms. The molecule has 1 fully saturated rings. The average molecular weight is 288 g/mol. The number of hydrogen-bond acceptors (Lipinski definition) is 4. The molecule has 0 aliphatic carbocycles. The van der Waals surface area contributed by atoms with Crippen molar-refractivity contribution in [1.29, 1.82) is 0 Å². The second-order valence-electron chi connectivity index (χ2n) is 5.83. The molecule has 6 heteroatoms. The Balaban J connectivity index is 1.76. The molecule has 1 aliphatic rings. The topological polar surface area (TPSA) is 71.2 Å². The second kappa shape index (κ2) is 5.81. The number of piperidine rings is 1. The van der Waals surface area contributed by atoms with E-state index < -0.39 is 5.97 Å². The van der Waals surface area contributed by atoms with Crippen LogP contribution < -0.4 is 0 Å². The number of likely N-dealkylation sites (tertiary alicyclic amines) is 1. The molecule has 0 spiro atoms. The molecule has 0 saturated carbocycles. The summed E-state index contributed by atoms with van der Waals surface area (Å²) < 4.78 is 1.75. The Morgan fingerprint density at radius 3 is 2.86 bits per heavy atom. The zero-order chi connectivity index (χ0) is 14.8. The van der Waals surface area contributed by atoms with Crippen molar-refractivity contribution in [2.45, 2.75) is 25.8 Å². The highest BCUT2D eigenvalue weighted by Crippen LogP contribution is 2.22. The van der Waals surface area contributed by atoms with Crippen LogP contribution in [0.5, 0.6) is 0 Å². The summed E-state index contributed by atoms with van der Waals surface area (Å²) in [6.07, 6.45) is 3.43. The van der Waals surface area contributed by atoms with Crippen LogP contribution in [0.4, 0.5) is 0 Å². The monoisotopic (exact) mass is 288 g/mol. The van der Waals surface area contributed by atoms with Crippen molar-refractivity contribution in [3.63, 3.8) is 0 Å². The molecule has 1 aromatic heterocycles. The van der Waals surface area contributed by atoms with E-state index in [0.29, 0.717) is 17.0 Å². The van der Waals surface area contributed by atoms with Crippen LogP contribution in [0.25, 0.3) is 11.0 Å². The number of aromatic carboxylic acids is 1. The molecule has 1 N–H and O–H groups in total. The van der Waals surface area contributed by atoms with Crippen LogP contribution in [0, 0.1) is 5.92 Å². The molecule has 0 amide bonds. The normalized spacial score (nSPS) is 17.4. The maximum Gasteiger partial charge on any atom is 0.337 e. The van der Waals surface area contributed by atoms with Gasteiger partial charge in [0.25, 0.3) is 0 Å². The van der Waals surface area contributed by atoms with Crippen molar-refractivity contribution in [2.24, 2.45) is 5.92 Å². The zero-order valence-electron chi connectivity index (χ0n) is 12.2. The molecule has 1 aliphatic heterocycles. The van der Waals surface area contributed by atoms with Crippen molar-refractivity contribution >= 4 is 17.0 Å². The Bertz CT molecular complexity index is 644. The van der Waals surface area contributed by atoms with E-state index in [0.717, 1.165) is 26.1 Å². The van der Waals surface area contributed by atoms with E-state index in [1.807, 2.05) is 0 Å². The molecule has 112 valence electrons. The summed E-state index contributed by atoms with van der Waals surface area (Å²) >= 11 is 0. The molecule has 2 heterocycles. The van der Waals surface area contributed by atoms with Crippen LogP contribution in [0.2, 0.25) is 0 Å². The van der Waals surface area contributed by atoms with Gasteiger partial charge in [-0.2, -0.15) is 0 Å². The molecule has 6 nitrogen and oxygen atoms in total. The number of benzene rings is 1. The van der Waals surface area contributed by atoms with E-state index in [9.17, 15) is 9.90 Å². The van der Waals surface area contributed by atoms with Crippen LogP contribution in [0.15, 0.2) is 18.2 Å². The number of carboxylic acid groups (broad SMARTS) is 1. The number of para-hydroxylation sites is 1. The second-order valence-corrected chi connectivity index (χ2v) is 5.83. The van der Waals surface area contributed by atoms with Gasteiger partial charge in [0.2, 0.25) is 0 Å². The Labute approximate surface area is 123 Å².